The highest BCUT2D eigenvalue weighted by atomic mass is 32.1. The van der Waals surface area contributed by atoms with Crippen molar-refractivity contribution in [2.75, 3.05) is 5.32 Å². The predicted molar refractivity (Wildman–Crippen MR) is 110 cm³/mol. The van der Waals surface area contributed by atoms with Crippen LogP contribution in [0, 0.1) is 13.8 Å². The van der Waals surface area contributed by atoms with Gasteiger partial charge in [0.15, 0.2) is 0 Å². The summed E-state index contributed by atoms with van der Waals surface area (Å²) in [5.74, 6) is -0.926. The van der Waals surface area contributed by atoms with Crippen molar-refractivity contribution < 1.29 is 18.4 Å². The van der Waals surface area contributed by atoms with E-state index >= 15 is 0 Å². The largest absolute Gasteiger partial charge is 0.365 e. The fourth-order valence-electron chi connectivity index (χ4n) is 3.58. The quantitative estimate of drug-likeness (QED) is 0.587. The fourth-order valence-corrected chi connectivity index (χ4v) is 4.60. The molecule has 0 aromatic carbocycles. The number of aromatic nitrogens is 3. The average Bonchev–Trinajstić information content (AvgIpc) is 3.38. The number of aryl methyl sites for hydroxylation is 3. The van der Waals surface area contributed by atoms with Gasteiger partial charge < -0.3 is 11.1 Å². The van der Waals surface area contributed by atoms with Crippen molar-refractivity contribution in [3.63, 3.8) is 0 Å². The number of nitrogens with two attached hydrogens (primary N) is 1. The molecule has 1 saturated carbocycles. The van der Waals surface area contributed by atoms with Gasteiger partial charge in [0.2, 0.25) is 5.91 Å². The number of thiophene rings is 1. The van der Waals surface area contributed by atoms with Gasteiger partial charge in [-0.25, -0.2) is 13.8 Å². The number of anilines is 1. The van der Waals surface area contributed by atoms with E-state index in [-0.39, 0.29) is 39.3 Å². The zero-order valence-electron chi connectivity index (χ0n) is 16.5. The molecule has 0 radical (unpaired) electrons. The lowest BCUT2D eigenvalue weighted by Gasteiger charge is -2.10. The van der Waals surface area contributed by atoms with E-state index in [9.17, 15) is 18.4 Å². The molecule has 2 amide bonds. The van der Waals surface area contributed by atoms with Gasteiger partial charge in [0.1, 0.15) is 15.4 Å². The monoisotopic (exact) mass is 433 g/mol. The number of fused-ring (bicyclic) bond motifs is 1. The van der Waals surface area contributed by atoms with Crippen LogP contribution in [0.2, 0.25) is 0 Å². The Bertz CT molecular complexity index is 1150. The molecule has 1 fully saturated rings. The van der Waals surface area contributed by atoms with Gasteiger partial charge >= 0.3 is 0 Å². The van der Waals surface area contributed by atoms with Gasteiger partial charge in [0.25, 0.3) is 12.3 Å². The van der Waals surface area contributed by atoms with Gasteiger partial charge in [-0.15, -0.1) is 11.3 Å². The summed E-state index contributed by atoms with van der Waals surface area (Å²) in [4.78, 5) is 29.1. The molecule has 7 nitrogen and oxygen atoms in total. The molecule has 3 aromatic heterocycles. The smallest absolute Gasteiger partial charge is 0.280 e. The number of halogens is 2. The summed E-state index contributed by atoms with van der Waals surface area (Å²) in [6, 6.07) is 3.30. The highest BCUT2D eigenvalue weighted by molar-refractivity contribution is 7.21. The second kappa shape index (κ2) is 7.75. The van der Waals surface area contributed by atoms with E-state index in [1.54, 1.807) is 4.68 Å². The Hall–Kier alpha value is -2.88. The van der Waals surface area contributed by atoms with E-state index in [1.807, 2.05) is 19.9 Å². The minimum Gasteiger partial charge on any atom is -0.365 e. The van der Waals surface area contributed by atoms with Gasteiger partial charge in [-0.2, -0.15) is 5.10 Å². The SMILES string of the molecule is Cc1cc(C)n(CCC(=O)Nc2c(C(N)=O)sc3nc(C(F)F)cc(C4CC4)c23)n1. The van der Waals surface area contributed by atoms with Gasteiger partial charge in [-0.1, -0.05) is 0 Å². The first-order valence-corrected chi connectivity index (χ1v) is 10.4. The Labute approximate surface area is 175 Å². The lowest BCUT2D eigenvalue weighted by molar-refractivity contribution is -0.116. The molecule has 158 valence electrons. The summed E-state index contributed by atoms with van der Waals surface area (Å²) in [7, 11) is 0. The highest BCUT2D eigenvalue weighted by Gasteiger charge is 2.31. The minimum atomic E-state index is -2.72. The number of carbonyl (C=O) groups excluding carboxylic acids is 2. The molecule has 3 N–H and O–H groups in total. The van der Waals surface area contributed by atoms with Crippen LogP contribution >= 0.6 is 11.3 Å². The van der Waals surface area contributed by atoms with Crippen molar-refractivity contribution in [2.45, 2.75) is 52.0 Å². The van der Waals surface area contributed by atoms with Crippen molar-refractivity contribution in [2.24, 2.45) is 5.73 Å². The third kappa shape index (κ3) is 3.91. The van der Waals surface area contributed by atoms with E-state index < -0.39 is 12.3 Å². The number of carbonyl (C=O) groups is 2. The summed E-state index contributed by atoms with van der Waals surface area (Å²) < 4.78 is 28.3. The Morgan fingerprint density at radius 3 is 2.63 bits per heavy atom. The molecule has 10 heteroatoms. The van der Waals surface area contributed by atoms with Crippen molar-refractivity contribution in [3.05, 3.63) is 39.7 Å². The van der Waals surface area contributed by atoms with E-state index in [2.05, 4.69) is 15.4 Å². The zero-order valence-corrected chi connectivity index (χ0v) is 17.4. The summed E-state index contributed by atoms with van der Waals surface area (Å²) in [5, 5.41) is 7.66. The highest BCUT2D eigenvalue weighted by Crippen LogP contribution is 2.48. The normalized spacial score (nSPS) is 13.9. The maximum Gasteiger partial charge on any atom is 0.280 e. The number of alkyl halides is 2. The number of amides is 2. The lowest BCUT2D eigenvalue weighted by Crippen LogP contribution is -2.18. The Balaban J connectivity index is 1.68. The number of nitrogens with zero attached hydrogens (tertiary/aromatic N) is 3. The number of primary amides is 1. The minimum absolute atomic E-state index is 0.116. The van der Waals surface area contributed by atoms with Crippen LogP contribution in [0.5, 0.6) is 0 Å². The fraction of sp³-hybridized carbons (Fsp3) is 0.400. The van der Waals surface area contributed by atoms with Gasteiger partial charge in [0.05, 0.1) is 11.4 Å². The summed E-state index contributed by atoms with van der Waals surface area (Å²) in [6.07, 6.45) is -0.840. The van der Waals surface area contributed by atoms with E-state index in [4.69, 9.17) is 5.73 Å². The summed E-state index contributed by atoms with van der Waals surface area (Å²) in [5.41, 5.74) is 7.95. The predicted octanol–water partition coefficient (Wildman–Crippen LogP) is 4.05. The number of rotatable bonds is 7. The second-order valence-electron chi connectivity index (χ2n) is 7.51. The first-order chi connectivity index (χ1) is 14.2. The summed E-state index contributed by atoms with van der Waals surface area (Å²) in [6.45, 7) is 4.16. The van der Waals surface area contributed by atoms with Gasteiger partial charge in [-0.05, 0) is 50.3 Å². The third-order valence-electron chi connectivity index (χ3n) is 5.10. The molecule has 1 aliphatic rings. The molecular formula is C20H21F2N5O2S. The van der Waals surface area contributed by atoms with Crippen LogP contribution in [-0.4, -0.2) is 26.6 Å². The van der Waals surface area contributed by atoms with Crippen LogP contribution < -0.4 is 11.1 Å². The third-order valence-corrected chi connectivity index (χ3v) is 6.19. The molecule has 30 heavy (non-hydrogen) atoms. The van der Waals surface area contributed by atoms with Crippen LogP contribution in [-0.2, 0) is 11.3 Å². The van der Waals surface area contributed by atoms with Gasteiger partial charge in [0, 0.05) is 24.0 Å². The molecule has 0 atom stereocenters. The molecular weight excluding hydrogens is 412 g/mol. The summed E-state index contributed by atoms with van der Waals surface area (Å²) >= 11 is 0.934. The Morgan fingerprint density at radius 2 is 2.07 bits per heavy atom. The maximum absolute atomic E-state index is 13.3. The first-order valence-electron chi connectivity index (χ1n) is 9.60. The molecule has 0 saturated heterocycles. The Morgan fingerprint density at radius 1 is 1.33 bits per heavy atom. The topological polar surface area (TPSA) is 103 Å². The molecule has 0 aliphatic heterocycles. The molecule has 4 rings (SSSR count). The number of hydrogen-bond acceptors (Lipinski definition) is 5. The molecule has 0 spiro atoms. The van der Waals surface area contributed by atoms with Crippen molar-refractivity contribution in [1.82, 2.24) is 14.8 Å². The van der Waals surface area contributed by atoms with Crippen LogP contribution in [0.25, 0.3) is 10.2 Å². The molecule has 3 aromatic rings. The zero-order chi connectivity index (χ0) is 21.6. The standard InChI is InChI=1S/C20H21F2N5O2S/c1-9-7-10(2)27(26-9)6-5-14(28)25-16-15-12(11-3-4-11)8-13(18(21)22)24-20(15)30-17(16)19(23)29/h7-8,11,18H,3-6H2,1-2H3,(H2,23,29)(H,25,28). The average molecular weight is 433 g/mol. The van der Waals surface area contributed by atoms with E-state index in [1.165, 1.54) is 6.07 Å². The van der Waals surface area contributed by atoms with E-state index in [0.29, 0.717) is 17.5 Å². The maximum atomic E-state index is 13.3. The molecule has 0 unspecified atom stereocenters. The number of hydrogen-bond donors (Lipinski definition) is 2. The van der Waals surface area contributed by atoms with Crippen LogP contribution in [0.15, 0.2) is 12.1 Å². The second-order valence-corrected chi connectivity index (χ2v) is 8.51. The van der Waals surface area contributed by atoms with Crippen molar-refractivity contribution >= 4 is 39.1 Å². The van der Waals surface area contributed by atoms with E-state index in [0.717, 1.165) is 35.6 Å². The van der Waals surface area contributed by atoms with Crippen LogP contribution in [0.1, 0.15) is 63.9 Å². The van der Waals surface area contributed by atoms with Gasteiger partial charge in [-0.3, -0.25) is 14.3 Å². The lowest BCUT2D eigenvalue weighted by atomic mass is 10.0. The molecule has 3 heterocycles. The first kappa shape index (κ1) is 20.4. The Kier molecular flexibility index (Phi) is 5.27. The van der Waals surface area contributed by atoms with Crippen molar-refractivity contribution in [1.29, 1.82) is 0 Å². The van der Waals surface area contributed by atoms with Crippen LogP contribution in [0.3, 0.4) is 0 Å². The number of nitrogens with one attached hydrogen (secondary N) is 1. The van der Waals surface area contributed by atoms with Crippen LogP contribution in [0.4, 0.5) is 14.5 Å². The number of pyridine rings is 1. The molecule has 0 bridgehead atoms. The van der Waals surface area contributed by atoms with Crippen molar-refractivity contribution in [3.8, 4) is 0 Å². The molecule has 1 aliphatic carbocycles.